The summed E-state index contributed by atoms with van der Waals surface area (Å²) in [5, 5.41) is 8.00. The van der Waals surface area contributed by atoms with Crippen LogP contribution in [0.15, 0.2) is 138 Å². The topological polar surface area (TPSA) is 119 Å². The van der Waals surface area contributed by atoms with Crippen LogP contribution in [-0.4, -0.2) is 29.5 Å². The number of thioether (sulfide) groups is 1. The van der Waals surface area contributed by atoms with E-state index in [1.165, 1.54) is 11.8 Å². The van der Waals surface area contributed by atoms with Crippen molar-refractivity contribution < 1.29 is 23.9 Å². The summed E-state index contributed by atoms with van der Waals surface area (Å²) in [6.45, 7) is 0.141. The van der Waals surface area contributed by atoms with Crippen molar-refractivity contribution in [3.63, 3.8) is 0 Å². The molecular weight excluding hydrogens is 600 g/mol. The molecule has 0 bridgehead atoms. The highest BCUT2D eigenvalue weighted by molar-refractivity contribution is 8.00. The summed E-state index contributed by atoms with van der Waals surface area (Å²) in [4.78, 5) is 45.0. The Hall–Kier alpha value is -5.87. The van der Waals surface area contributed by atoms with E-state index >= 15 is 0 Å². The van der Waals surface area contributed by atoms with Crippen molar-refractivity contribution in [3.8, 4) is 11.5 Å². The highest BCUT2D eigenvalue weighted by atomic mass is 32.2. The maximum Gasteiger partial charge on any atom is 0.272 e. The van der Waals surface area contributed by atoms with Gasteiger partial charge in [0.2, 0.25) is 12.7 Å². The number of carbonyl (C=O) groups is 3. The van der Waals surface area contributed by atoms with Gasteiger partial charge >= 0.3 is 0 Å². The monoisotopic (exact) mass is 628 g/mol. The first-order chi connectivity index (χ1) is 22.5. The van der Waals surface area contributed by atoms with Gasteiger partial charge in [0.15, 0.2) is 11.5 Å². The molecule has 3 N–H and O–H groups in total. The molecule has 0 saturated heterocycles. The van der Waals surface area contributed by atoms with Gasteiger partial charge in [-0.15, -0.1) is 11.8 Å². The fraction of sp³-hybridized carbons (Fsp3) is 0.0556. The van der Waals surface area contributed by atoms with Gasteiger partial charge in [0, 0.05) is 40.3 Å². The summed E-state index contributed by atoms with van der Waals surface area (Å²) < 4.78 is 10.8. The number of ether oxygens (including phenoxy) is 2. The lowest BCUT2D eigenvalue weighted by atomic mass is 10.1. The average Bonchev–Trinajstić information content (AvgIpc) is 3.56. The molecule has 1 aromatic heterocycles. The molecule has 0 saturated carbocycles. The van der Waals surface area contributed by atoms with Crippen LogP contribution >= 0.6 is 11.8 Å². The molecule has 0 fully saturated rings. The summed E-state index contributed by atoms with van der Waals surface area (Å²) >= 11 is 1.34. The molecule has 228 valence electrons. The number of benzene rings is 4. The van der Waals surface area contributed by atoms with Gasteiger partial charge in [-0.2, -0.15) is 0 Å². The van der Waals surface area contributed by atoms with E-state index in [9.17, 15) is 14.4 Å². The van der Waals surface area contributed by atoms with Crippen molar-refractivity contribution in [2.45, 2.75) is 10.1 Å². The predicted octanol–water partition coefficient (Wildman–Crippen LogP) is 6.69. The Morgan fingerprint density at radius 1 is 0.761 bits per heavy atom. The zero-order valence-corrected chi connectivity index (χ0v) is 25.2. The number of nitrogens with zero attached hydrogens (tertiary/aromatic N) is 1. The molecule has 10 heteroatoms. The largest absolute Gasteiger partial charge is 0.454 e. The van der Waals surface area contributed by atoms with Crippen LogP contribution in [0.25, 0.3) is 6.08 Å². The molecule has 4 aromatic carbocycles. The number of pyridine rings is 1. The number of rotatable bonds is 10. The number of fused-ring (bicyclic) bond motifs is 1. The molecule has 1 aliphatic rings. The van der Waals surface area contributed by atoms with Crippen LogP contribution in [0.1, 0.15) is 26.7 Å². The smallest absolute Gasteiger partial charge is 0.272 e. The second-order valence-corrected chi connectivity index (χ2v) is 11.3. The molecule has 1 atom stereocenters. The molecule has 1 unspecified atom stereocenters. The number of nitrogens with one attached hydrogen (secondary N) is 3. The van der Waals surface area contributed by atoms with Gasteiger partial charge in [0.1, 0.15) is 10.9 Å². The van der Waals surface area contributed by atoms with E-state index in [-0.39, 0.29) is 18.4 Å². The normalized spacial score (nSPS) is 12.6. The van der Waals surface area contributed by atoms with Gasteiger partial charge in [0.05, 0.1) is 0 Å². The maximum atomic E-state index is 13.6. The van der Waals surface area contributed by atoms with E-state index < -0.39 is 17.1 Å². The zero-order chi connectivity index (χ0) is 31.7. The highest BCUT2D eigenvalue weighted by Gasteiger charge is 2.24. The van der Waals surface area contributed by atoms with Crippen molar-refractivity contribution in [3.05, 3.63) is 150 Å². The van der Waals surface area contributed by atoms with Crippen molar-refractivity contribution >= 4 is 46.9 Å². The number of anilines is 2. The van der Waals surface area contributed by atoms with Gasteiger partial charge < -0.3 is 25.4 Å². The van der Waals surface area contributed by atoms with Crippen LogP contribution < -0.4 is 25.4 Å². The Bertz CT molecular complexity index is 1890. The molecule has 5 aromatic rings. The van der Waals surface area contributed by atoms with E-state index in [1.807, 2.05) is 42.5 Å². The Labute approximate surface area is 269 Å². The molecule has 9 nitrogen and oxygen atoms in total. The molecule has 0 radical (unpaired) electrons. The van der Waals surface area contributed by atoms with Gasteiger partial charge in [-0.05, 0) is 65.7 Å². The van der Waals surface area contributed by atoms with Crippen molar-refractivity contribution in [2.75, 3.05) is 17.4 Å². The van der Waals surface area contributed by atoms with Crippen LogP contribution in [0.2, 0.25) is 0 Å². The van der Waals surface area contributed by atoms with E-state index in [1.54, 1.807) is 91.3 Å². The van der Waals surface area contributed by atoms with Gasteiger partial charge in [-0.3, -0.25) is 19.4 Å². The van der Waals surface area contributed by atoms with E-state index in [0.717, 1.165) is 10.5 Å². The SMILES string of the molecule is O=C(Nc1cccc(SC(C(=O)Nc2ccc3c(c2)OCO3)c2ccccc2)c1)/C(=C/c1cccnc1)NC(=O)c1ccccc1. The Balaban J connectivity index is 1.21. The van der Waals surface area contributed by atoms with Crippen molar-refractivity contribution in [1.82, 2.24) is 10.3 Å². The van der Waals surface area contributed by atoms with Gasteiger partial charge in [0.25, 0.3) is 11.8 Å². The standard InChI is InChI=1S/C36H28N4O5S/c41-34(26-12-5-2-6-13-26)40-30(19-24-9-8-18-37-22-24)35(42)38-27-14-7-15-29(20-27)46-33(25-10-3-1-4-11-25)36(43)39-28-16-17-31-32(21-28)45-23-44-31/h1-22,33H,23H2,(H,38,42)(H,39,43)(H,40,41)/b30-19-. The lowest BCUT2D eigenvalue weighted by molar-refractivity contribution is -0.116. The molecule has 6 rings (SSSR count). The van der Waals surface area contributed by atoms with E-state index in [2.05, 4.69) is 20.9 Å². The minimum atomic E-state index is -0.608. The summed E-state index contributed by atoms with van der Waals surface area (Å²) in [5.74, 6) is 0.0330. The van der Waals surface area contributed by atoms with Gasteiger partial charge in [-0.1, -0.05) is 60.7 Å². The summed E-state index contributed by atoms with van der Waals surface area (Å²) in [6.07, 6.45) is 4.78. The van der Waals surface area contributed by atoms with Crippen LogP contribution in [-0.2, 0) is 9.59 Å². The molecular formula is C36H28N4O5S. The van der Waals surface area contributed by atoms with Crippen LogP contribution in [0, 0.1) is 0 Å². The third-order valence-corrected chi connectivity index (χ3v) is 8.10. The van der Waals surface area contributed by atoms with Crippen molar-refractivity contribution in [1.29, 1.82) is 0 Å². The van der Waals surface area contributed by atoms with Gasteiger partial charge in [-0.25, -0.2) is 0 Å². The number of hydrogen-bond acceptors (Lipinski definition) is 7. The van der Waals surface area contributed by atoms with Crippen LogP contribution in [0.3, 0.4) is 0 Å². The summed E-state index contributed by atoms with van der Waals surface area (Å²) in [6, 6.07) is 34.1. The van der Waals surface area contributed by atoms with Crippen LogP contribution in [0.5, 0.6) is 11.5 Å². The van der Waals surface area contributed by atoms with E-state index in [4.69, 9.17) is 9.47 Å². The molecule has 3 amide bonds. The molecule has 46 heavy (non-hydrogen) atoms. The lowest BCUT2D eigenvalue weighted by Gasteiger charge is -2.18. The molecule has 0 spiro atoms. The lowest BCUT2D eigenvalue weighted by Crippen LogP contribution is -2.30. The minimum absolute atomic E-state index is 0.0465. The Morgan fingerprint density at radius 3 is 2.30 bits per heavy atom. The third-order valence-electron chi connectivity index (χ3n) is 6.85. The quantitative estimate of drug-likeness (QED) is 0.116. The molecule has 0 aliphatic carbocycles. The van der Waals surface area contributed by atoms with E-state index in [0.29, 0.717) is 34.0 Å². The second-order valence-electron chi connectivity index (χ2n) is 10.1. The first-order valence-corrected chi connectivity index (χ1v) is 15.2. The van der Waals surface area contributed by atoms with Crippen LogP contribution in [0.4, 0.5) is 11.4 Å². The second kappa shape index (κ2) is 14.3. The van der Waals surface area contributed by atoms with Crippen molar-refractivity contribution in [2.24, 2.45) is 0 Å². The predicted molar refractivity (Wildman–Crippen MR) is 177 cm³/mol. The fourth-order valence-corrected chi connectivity index (χ4v) is 5.72. The third kappa shape index (κ3) is 7.61. The maximum absolute atomic E-state index is 13.6. The number of amides is 3. The average molecular weight is 629 g/mol. The number of hydrogen-bond donors (Lipinski definition) is 3. The Kier molecular flexibility index (Phi) is 9.36. The molecule has 2 heterocycles. The summed E-state index contributed by atoms with van der Waals surface area (Å²) in [7, 11) is 0. The molecule has 1 aliphatic heterocycles. The Morgan fingerprint density at radius 2 is 1.52 bits per heavy atom. The summed E-state index contributed by atoms with van der Waals surface area (Å²) in [5.41, 5.74) is 2.99. The fourth-order valence-electron chi connectivity index (χ4n) is 4.63. The number of aromatic nitrogens is 1. The first kappa shape index (κ1) is 30.2. The number of carbonyl (C=O) groups excluding carboxylic acids is 3. The minimum Gasteiger partial charge on any atom is -0.454 e. The highest BCUT2D eigenvalue weighted by Crippen LogP contribution is 2.39. The zero-order valence-electron chi connectivity index (χ0n) is 24.4. The first-order valence-electron chi connectivity index (χ1n) is 14.3.